The summed E-state index contributed by atoms with van der Waals surface area (Å²) >= 11 is 1.41. The van der Waals surface area contributed by atoms with E-state index in [0.717, 1.165) is 21.7 Å². The minimum Gasteiger partial charge on any atom is -0.337 e. The molecule has 0 spiro atoms. The van der Waals surface area contributed by atoms with Gasteiger partial charge in [0.25, 0.3) is 0 Å². The molecule has 0 bridgehead atoms. The van der Waals surface area contributed by atoms with Crippen LogP contribution in [0.4, 0.5) is 5.00 Å². The smallest absolute Gasteiger partial charge is 0.225 e. The molecule has 1 aliphatic rings. The van der Waals surface area contributed by atoms with Gasteiger partial charge in [-0.05, 0) is 30.4 Å². The van der Waals surface area contributed by atoms with Crippen LogP contribution in [0.15, 0.2) is 42.9 Å². The fourth-order valence-electron chi connectivity index (χ4n) is 4.15. The Bertz CT molecular complexity index is 1190. The molecule has 0 radical (unpaired) electrons. The van der Waals surface area contributed by atoms with Crippen LogP contribution in [0.2, 0.25) is 0 Å². The lowest BCUT2D eigenvalue weighted by Gasteiger charge is -2.27. The number of carbonyl (C=O) groups excluding carboxylic acids is 2. The molecule has 0 saturated carbocycles. The van der Waals surface area contributed by atoms with E-state index < -0.39 is 0 Å². The summed E-state index contributed by atoms with van der Waals surface area (Å²) in [6, 6.07) is 12.2. The van der Waals surface area contributed by atoms with E-state index in [1.54, 1.807) is 6.33 Å². The molecule has 170 valence electrons. The molecule has 0 unspecified atom stereocenters. The van der Waals surface area contributed by atoms with Gasteiger partial charge >= 0.3 is 0 Å². The lowest BCUT2D eigenvalue weighted by molar-refractivity contribution is -0.132. The minimum absolute atomic E-state index is 0.0821. The zero-order chi connectivity index (χ0) is 23.4. The van der Waals surface area contributed by atoms with Crippen molar-refractivity contribution in [2.45, 2.75) is 52.1 Å². The van der Waals surface area contributed by atoms with Crippen LogP contribution in [0.25, 0.3) is 0 Å². The monoisotopic (exact) mass is 461 g/mol. The number of carbonyl (C=O) groups is 2. The summed E-state index contributed by atoms with van der Waals surface area (Å²) in [7, 11) is 0. The molecule has 33 heavy (non-hydrogen) atoms. The third-order valence-electron chi connectivity index (χ3n) is 5.98. The van der Waals surface area contributed by atoms with Crippen molar-refractivity contribution in [1.29, 1.82) is 5.26 Å². The molecule has 8 heteroatoms. The number of hydrogen-bond acceptors (Lipinski definition) is 5. The number of hydrogen-bond donors (Lipinski definition) is 1. The first kappa shape index (κ1) is 22.7. The average molecular weight is 462 g/mol. The van der Waals surface area contributed by atoms with Crippen LogP contribution in [0.5, 0.6) is 0 Å². The average Bonchev–Trinajstić information content (AvgIpc) is 3.39. The Labute approximate surface area is 197 Å². The van der Waals surface area contributed by atoms with E-state index in [0.29, 0.717) is 49.5 Å². The molecular formula is C25H27N5O2S. The summed E-state index contributed by atoms with van der Waals surface area (Å²) in [6.07, 6.45) is 5.04. The summed E-state index contributed by atoms with van der Waals surface area (Å²) < 4.78 is 1.92. The third-order valence-corrected chi connectivity index (χ3v) is 7.11. The van der Waals surface area contributed by atoms with Gasteiger partial charge in [0.15, 0.2) is 0 Å². The first-order valence-electron chi connectivity index (χ1n) is 11.1. The van der Waals surface area contributed by atoms with Crippen molar-refractivity contribution in [2.24, 2.45) is 0 Å². The Morgan fingerprint density at radius 1 is 1.30 bits per heavy atom. The van der Waals surface area contributed by atoms with Gasteiger partial charge in [-0.3, -0.25) is 9.59 Å². The van der Waals surface area contributed by atoms with Crippen LogP contribution >= 0.6 is 11.3 Å². The van der Waals surface area contributed by atoms with Gasteiger partial charge in [-0.1, -0.05) is 37.3 Å². The number of aromatic nitrogens is 2. The number of benzene rings is 1. The maximum absolute atomic E-state index is 12.7. The Kier molecular flexibility index (Phi) is 6.90. The highest BCUT2D eigenvalue weighted by atomic mass is 32.1. The van der Waals surface area contributed by atoms with Gasteiger partial charge in [-0.15, -0.1) is 11.3 Å². The van der Waals surface area contributed by atoms with Crippen molar-refractivity contribution in [1.82, 2.24) is 14.5 Å². The molecule has 1 aliphatic heterocycles. The molecule has 3 aromatic rings. The summed E-state index contributed by atoms with van der Waals surface area (Å²) in [5.41, 5.74) is 3.54. The van der Waals surface area contributed by atoms with E-state index in [1.165, 1.54) is 11.3 Å². The molecule has 0 aliphatic carbocycles. The van der Waals surface area contributed by atoms with Crippen molar-refractivity contribution >= 4 is 28.2 Å². The summed E-state index contributed by atoms with van der Waals surface area (Å²) in [5.74, 6) is 0.0601. The van der Waals surface area contributed by atoms with Crippen molar-refractivity contribution in [3.05, 3.63) is 70.1 Å². The highest BCUT2D eigenvalue weighted by molar-refractivity contribution is 7.16. The predicted octanol–water partition coefficient (Wildman–Crippen LogP) is 4.23. The molecule has 2 aromatic heterocycles. The van der Waals surface area contributed by atoms with Crippen molar-refractivity contribution in [2.75, 3.05) is 11.9 Å². The highest BCUT2D eigenvalue weighted by Gasteiger charge is 2.27. The summed E-state index contributed by atoms with van der Waals surface area (Å²) in [5, 5.41) is 13.3. The molecule has 0 saturated heterocycles. The molecular weight excluding hydrogens is 434 g/mol. The number of nitrogens with one attached hydrogen (secondary N) is 1. The zero-order valence-electron chi connectivity index (χ0n) is 18.9. The van der Waals surface area contributed by atoms with Gasteiger partial charge in [0.2, 0.25) is 11.8 Å². The number of aryl methyl sites for hydroxylation is 2. The number of fused-ring (bicyclic) bond motifs is 1. The van der Waals surface area contributed by atoms with E-state index in [-0.39, 0.29) is 17.7 Å². The van der Waals surface area contributed by atoms with E-state index in [9.17, 15) is 14.9 Å². The first-order chi connectivity index (χ1) is 15.9. The van der Waals surface area contributed by atoms with Gasteiger partial charge in [0.1, 0.15) is 11.1 Å². The Hall–Kier alpha value is -3.44. The second-order valence-corrected chi connectivity index (χ2v) is 9.56. The molecule has 2 amide bonds. The maximum Gasteiger partial charge on any atom is 0.225 e. The minimum atomic E-state index is -0.106. The molecule has 1 aromatic carbocycles. The Morgan fingerprint density at radius 3 is 2.79 bits per heavy atom. The van der Waals surface area contributed by atoms with Crippen molar-refractivity contribution < 1.29 is 9.59 Å². The predicted molar refractivity (Wildman–Crippen MR) is 128 cm³/mol. The number of anilines is 1. The van der Waals surface area contributed by atoms with Gasteiger partial charge < -0.3 is 14.8 Å². The number of nitrogens with zero attached hydrogens (tertiary/aromatic N) is 4. The number of nitriles is 1. The normalized spacial score (nSPS) is 13.8. The lowest BCUT2D eigenvalue weighted by Crippen LogP contribution is -2.35. The molecule has 4 rings (SSSR count). The first-order valence-corrected chi connectivity index (χ1v) is 11.9. The SMILES string of the molecule is Cc1cn(CCC(=O)N2CCc3c(sc(NC(=O)C[C@@H](C)c4ccccc4)c3C#N)C2)cn1. The van der Waals surface area contributed by atoms with Crippen molar-refractivity contribution in [3.8, 4) is 6.07 Å². The fourth-order valence-corrected chi connectivity index (χ4v) is 5.38. The van der Waals surface area contributed by atoms with Crippen LogP contribution in [0.3, 0.4) is 0 Å². The Balaban J connectivity index is 1.39. The summed E-state index contributed by atoms with van der Waals surface area (Å²) in [6.45, 7) is 5.60. The molecule has 7 nitrogen and oxygen atoms in total. The maximum atomic E-state index is 12.7. The highest BCUT2D eigenvalue weighted by Crippen LogP contribution is 2.37. The van der Waals surface area contributed by atoms with Gasteiger partial charge in [-0.25, -0.2) is 4.98 Å². The summed E-state index contributed by atoms with van der Waals surface area (Å²) in [4.78, 5) is 32.4. The fraction of sp³-hybridized carbons (Fsp3) is 0.360. The molecule has 1 atom stereocenters. The molecule has 1 N–H and O–H groups in total. The van der Waals surface area contributed by atoms with E-state index >= 15 is 0 Å². The van der Waals surface area contributed by atoms with E-state index in [2.05, 4.69) is 16.4 Å². The number of thiophene rings is 1. The quantitative estimate of drug-likeness (QED) is 0.570. The Morgan fingerprint density at radius 2 is 2.09 bits per heavy atom. The molecule has 0 fully saturated rings. The van der Waals surface area contributed by atoms with Crippen LogP contribution in [-0.2, 0) is 29.1 Å². The van der Waals surface area contributed by atoms with Crippen molar-refractivity contribution in [3.63, 3.8) is 0 Å². The van der Waals surface area contributed by atoms with Crippen LogP contribution in [0, 0.1) is 18.3 Å². The topological polar surface area (TPSA) is 91.0 Å². The lowest BCUT2D eigenvalue weighted by atomic mass is 9.97. The van der Waals surface area contributed by atoms with Gasteiger partial charge in [0.05, 0.1) is 24.1 Å². The number of imidazole rings is 1. The standard InChI is InChI=1S/C25H27N5O2S/c1-17(19-6-4-3-5-7-19)12-23(31)28-25-21(13-26)20-8-11-30(15-22(20)33-25)24(32)9-10-29-14-18(2)27-16-29/h3-7,14,16-17H,8-12,15H2,1-2H3,(H,28,31)/t17-/m1/s1. The van der Waals surface area contributed by atoms with Crippen LogP contribution < -0.4 is 5.32 Å². The van der Waals surface area contributed by atoms with E-state index in [1.807, 2.05) is 59.8 Å². The van der Waals surface area contributed by atoms with Gasteiger partial charge in [-0.2, -0.15) is 5.26 Å². The number of amides is 2. The second kappa shape index (κ2) is 10.0. The van der Waals surface area contributed by atoms with Crippen LogP contribution in [0.1, 0.15) is 52.9 Å². The zero-order valence-corrected chi connectivity index (χ0v) is 19.7. The second-order valence-electron chi connectivity index (χ2n) is 8.45. The van der Waals surface area contributed by atoms with Gasteiger partial charge in [0, 0.05) is 37.0 Å². The third kappa shape index (κ3) is 5.32. The van der Waals surface area contributed by atoms with Crippen LogP contribution in [-0.4, -0.2) is 32.8 Å². The number of rotatable bonds is 7. The largest absolute Gasteiger partial charge is 0.337 e. The van der Waals surface area contributed by atoms with E-state index in [4.69, 9.17) is 0 Å². The molecule has 3 heterocycles.